The van der Waals surface area contributed by atoms with Crippen LogP contribution in [0.1, 0.15) is 33.5 Å². The van der Waals surface area contributed by atoms with Gasteiger partial charge in [-0.2, -0.15) is 0 Å². The van der Waals surface area contributed by atoms with Crippen LogP contribution >= 0.6 is 0 Å². The third-order valence-corrected chi connectivity index (χ3v) is 2.93. The first-order valence-corrected chi connectivity index (χ1v) is 5.72. The van der Waals surface area contributed by atoms with Crippen molar-refractivity contribution in [3.63, 3.8) is 0 Å². The van der Waals surface area contributed by atoms with Gasteiger partial charge in [-0.15, -0.1) is 12.5 Å². The molecule has 5 heteroatoms. The van der Waals surface area contributed by atoms with Gasteiger partial charge in [-0.25, -0.2) is 4.79 Å². The summed E-state index contributed by atoms with van der Waals surface area (Å²) in [6, 6.07) is -2.15. The number of nitrogens with zero attached hydrogens (tertiary/aromatic N) is 1. The summed E-state index contributed by atoms with van der Waals surface area (Å²) < 4.78 is 38.5. The smallest absolute Gasteiger partial charge is 0.277 e. The van der Waals surface area contributed by atoms with E-state index in [0.29, 0.717) is 11.3 Å². The number of hydrogen-bond acceptors (Lipinski definition) is 3. The minimum Gasteiger partial charge on any atom is -0.277 e. The van der Waals surface area contributed by atoms with E-state index in [-0.39, 0.29) is 0 Å². The highest BCUT2D eigenvalue weighted by Crippen LogP contribution is 2.36. The minimum absolute atomic E-state index is 0.389. The molecule has 0 radical (unpaired) electrons. The lowest BCUT2D eigenvalue weighted by Crippen LogP contribution is -2.64. The second-order valence-corrected chi connectivity index (χ2v) is 4.08. The van der Waals surface area contributed by atoms with Crippen molar-refractivity contribution in [1.82, 2.24) is 10.2 Å². The van der Waals surface area contributed by atoms with Crippen LogP contribution in [0.2, 0.25) is 0 Å². The SMILES string of the molecule is [2H]C([2H])=C([2H])C([2H])([2H])C1(C(C)C#CCC)C(=O)NC(=O)N(C)C1=O. The first kappa shape index (κ1) is 8.92. The van der Waals surface area contributed by atoms with Crippen LogP contribution in [-0.2, 0) is 9.59 Å². The van der Waals surface area contributed by atoms with E-state index < -0.39 is 48.1 Å². The summed E-state index contributed by atoms with van der Waals surface area (Å²) in [6.45, 7) is 1.89. The van der Waals surface area contributed by atoms with Gasteiger partial charge in [-0.05, 0) is 13.3 Å². The van der Waals surface area contributed by atoms with Crippen molar-refractivity contribution in [1.29, 1.82) is 0 Å². The second-order valence-electron chi connectivity index (χ2n) is 4.08. The fraction of sp³-hybridized carbons (Fsp3) is 0.500. The maximum absolute atomic E-state index is 12.8. The molecule has 0 saturated carbocycles. The molecule has 0 aliphatic carbocycles. The Kier molecular flexibility index (Phi) is 2.67. The topological polar surface area (TPSA) is 66.5 Å². The van der Waals surface area contributed by atoms with E-state index >= 15 is 0 Å². The number of carbonyl (C=O) groups excluding carboxylic acids is 3. The lowest BCUT2D eigenvalue weighted by Gasteiger charge is -2.39. The zero-order valence-corrected chi connectivity index (χ0v) is 11.0. The minimum atomic E-state index is -3.01. The van der Waals surface area contributed by atoms with Crippen molar-refractivity contribution in [2.75, 3.05) is 7.05 Å². The first-order valence-electron chi connectivity index (χ1n) is 8.22. The lowest BCUT2D eigenvalue weighted by molar-refractivity contribution is -0.152. The molecule has 1 N–H and O–H groups in total. The van der Waals surface area contributed by atoms with Gasteiger partial charge in [0.2, 0.25) is 11.8 Å². The van der Waals surface area contributed by atoms with Gasteiger partial charge in [0.25, 0.3) is 0 Å². The highest BCUT2D eigenvalue weighted by Gasteiger charge is 2.55. The predicted octanol–water partition coefficient (Wildman–Crippen LogP) is 1.31. The van der Waals surface area contributed by atoms with Crippen LogP contribution in [-0.4, -0.2) is 29.8 Å². The van der Waals surface area contributed by atoms with E-state index in [1.807, 2.05) is 5.32 Å². The van der Waals surface area contributed by atoms with E-state index in [4.69, 9.17) is 6.85 Å². The van der Waals surface area contributed by atoms with Gasteiger partial charge >= 0.3 is 6.03 Å². The normalized spacial score (nSPS) is 28.7. The van der Waals surface area contributed by atoms with Crippen molar-refractivity contribution in [2.45, 2.75) is 26.6 Å². The molecule has 0 aromatic heterocycles. The number of imide groups is 2. The molecule has 1 aliphatic rings. The number of barbiturate groups is 1. The van der Waals surface area contributed by atoms with Gasteiger partial charge in [-0.3, -0.25) is 19.8 Å². The number of urea groups is 1. The number of carbonyl (C=O) groups is 3. The average Bonchev–Trinajstić information content (AvgIpc) is 2.49. The fourth-order valence-electron chi connectivity index (χ4n) is 1.80. The molecule has 1 aliphatic heterocycles. The van der Waals surface area contributed by atoms with Gasteiger partial charge in [-0.1, -0.05) is 18.9 Å². The van der Waals surface area contributed by atoms with Crippen LogP contribution in [0.4, 0.5) is 4.79 Å². The summed E-state index contributed by atoms with van der Waals surface area (Å²) in [5.74, 6) is 1.66. The molecule has 4 amide bonds. The van der Waals surface area contributed by atoms with Crippen molar-refractivity contribution in [2.24, 2.45) is 11.3 Å². The Balaban J connectivity index is 3.78. The molecule has 0 spiro atoms. The third kappa shape index (κ3) is 2.39. The number of hydrogen-bond donors (Lipinski definition) is 1. The predicted molar refractivity (Wildman–Crippen MR) is 70.8 cm³/mol. The Bertz CT molecular complexity index is 676. The van der Waals surface area contributed by atoms with E-state index in [0.717, 1.165) is 7.05 Å². The molecule has 102 valence electrons. The quantitative estimate of drug-likeness (QED) is 0.476. The van der Waals surface area contributed by atoms with Crippen molar-refractivity contribution in [3.05, 3.63) is 12.6 Å². The fourth-order valence-corrected chi connectivity index (χ4v) is 1.80. The number of nitrogens with one attached hydrogen (secondary N) is 1. The summed E-state index contributed by atoms with van der Waals surface area (Å²) in [5.41, 5.74) is -2.55. The summed E-state index contributed by atoms with van der Waals surface area (Å²) in [7, 11) is 1.07. The number of rotatable bonds is 3. The number of amides is 4. The Morgan fingerprint density at radius 2 is 2.37 bits per heavy atom. The molecule has 19 heavy (non-hydrogen) atoms. The average molecular weight is 267 g/mol. The number of allylic oxidation sites excluding steroid dienone is 1. The lowest BCUT2D eigenvalue weighted by atomic mass is 9.71. The molecule has 0 bridgehead atoms. The molecule has 1 saturated heterocycles. The monoisotopic (exact) mass is 267 g/mol. The first-order chi connectivity index (χ1) is 11.0. The standard InChI is InChI=1S/C14H18N2O3/c1-5-7-8-10(3)14(9-6-2)11(17)15-13(19)16(4)12(14)18/h6,10H,2,5,9H2,1,3-4H3,(H,15,17,19)/i2D2,6D,9D2. The van der Waals surface area contributed by atoms with Crippen LogP contribution in [0, 0.1) is 23.2 Å². The van der Waals surface area contributed by atoms with E-state index in [1.54, 1.807) is 6.92 Å². The van der Waals surface area contributed by atoms with Gasteiger partial charge in [0.15, 0.2) is 0 Å². The van der Waals surface area contributed by atoms with Crippen LogP contribution in [0.5, 0.6) is 0 Å². The van der Waals surface area contributed by atoms with Crippen LogP contribution < -0.4 is 5.32 Å². The molecule has 1 fully saturated rings. The molecule has 2 atom stereocenters. The maximum atomic E-state index is 12.8. The summed E-state index contributed by atoms with van der Waals surface area (Å²) in [6.07, 6.45) is -2.62. The molecular weight excluding hydrogens is 244 g/mol. The summed E-state index contributed by atoms with van der Waals surface area (Å²) in [5, 5.41) is 1.90. The Morgan fingerprint density at radius 1 is 1.68 bits per heavy atom. The molecule has 1 rings (SSSR count). The third-order valence-electron chi connectivity index (χ3n) is 2.93. The summed E-state index contributed by atoms with van der Waals surface area (Å²) >= 11 is 0. The Hall–Kier alpha value is -2.09. The van der Waals surface area contributed by atoms with E-state index in [1.165, 1.54) is 6.92 Å². The molecule has 2 unspecified atom stereocenters. The summed E-state index contributed by atoms with van der Waals surface area (Å²) in [4.78, 5) is 37.5. The zero-order chi connectivity index (χ0) is 18.9. The molecule has 0 aromatic carbocycles. The van der Waals surface area contributed by atoms with Crippen molar-refractivity contribution in [3.8, 4) is 11.8 Å². The maximum Gasteiger partial charge on any atom is 0.330 e. The van der Waals surface area contributed by atoms with Gasteiger partial charge < -0.3 is 0 Å². The van der Waals surface area contributed by atoms with Crippen molar-refractivity contribution < 1.29 is 21.2 Å². The van der Waals surface area contributed by atoms with Gasteiger partial charge in [0.05, 0.1) is 4.11 Å². The molecule has 1 heterocycles. The Labute approximate surface area is 120 Å². The largest absolute Gasteiger partial charge is 0.330 e. The molecule has 5 nitrogen and oxygen atoms in total. The van der Waals surface area contributed by atoms with E-state index in [9.17, 15) is 14.4 Å². The van der Waals surface area contributed by atoms with Gasteiger partial charge in [0.1, 0.15) is 5.41 Å². The Morgan fingerprint density at radius 3 is 2.95 bits per heavy atom. The molecular formula is C14H18N2O3. The van der Waals surface area contributed by atoms with Crippen LogP contribution in [0.3, 0.4) is 0 Å². The van der Waals surface area contributed by atoms with Crippen LogP contribution in [0.15, 0.2) is 12.6 Å². The highest BCUT2D eigenvalue weighted by atomic mass is 16.2. The van der Waals surface area contributed by atoms with Crippen molar-refractivity contribution >= 4 is 17.8 Å². The zero-order valence-electron chi connectivity index (χ0n) is 16.0. The van der Waals surface area contributed by atoms with Gasteiger partial charge in [0, 0.05) is 22.1 Å². The molecule has 0 aromatic rings. The second kappa shape index (κ2) is 5.70. The highest BCUT2D eigenvalue weighted by molar-refractivity contribution is 6.19. The van der Waals surface area contributed by atoms with Crippen LogP contribution in [0.25, 0.3) is 0 Å². The van der Waals surface area contributed by atoms with E-state index in [2.05, 4.69) is 11.8 Å².